The Bertz CT molecular complexity index is 1160. The molecule has 0 bridgehead atoms. The van der Waals surface area contributed by atoms with Crippen molar-refractivity contribution in [2.45, 2.75) is 32.7 Å². The van der Waals surface area contributed by atoms with Crippen molar-refractivity contribution in [1.29, 1.82) is 0 Å². The van der Waals surface area contributed by atoms with E-state index in [1.165, 1.54) is 10.6 Å². The van der Waals surface area contributed by atoms with Crippen LogP contribution in [0.5, 0.6) is 0 Å². The van der Waals surface area contributed by atoms with Gasteiger partial charge in [0.2, 0.25) is 5.91 Å². The molecule has 30 heavy (non-hydrogen) atoms. The van der Waals surface area contributed by atoms with Crippen LogP contribution in [0.4, 0.5) is 5.69 Å². The number of hydrogen-bond donors (Lipinski definition) is 1. The van der Waals surface area contributed by atoms with Crippen LogP contribution in [0.2, 0.25) is 0 Å². The van der Waals surface area contributed by atoms with Crippen molar-refractivity contribution < 1.29 is 9.59 Å². The number of anilines is 1. The van der Waals surface area contributed by atoms with E-state index >= 15 is 0 Å². The second kappa shape index (κ2) is 8.53. The Morgan fingerprint density at radius 2 is 1.67 bits per heavy atom. The summed E-state index contributed by atoms with van der Waals surface area (Å²) in [5.74, 6) is -0.397. The molecular formula is C24H25N3O3. The maximum absolute atomic E-state index is 13.1. The second-order valence-corrected chi connectivity index (χ2v) is 7.72. The second-order valence-electron chi connectivity index (χ2n) is 7.72. The normalized spacial score (nSPS) is 14.0. The first-order valence-corrected chi connectivity index (χ1v) is 10.3. The molecule has 0 saturated carbocycles. The molecule has 0 atom stereocenters. The number of hydrogen-bond acceptors (Lipinski definition) is 3. The van der Waals surface area contributed by atoms with Gasteiger partial charge in [-0.25, -0.2) is 0 Å². The zero-order chi connectivity index (χ0) is 21.1. The van der Waals surface area contributed by atoms with Crippen molar-refractivity contribution in [2.24, 2.45) is 0 Å². The smallest absolute Gasteiger partial charge is 0.254 e. The highest BCUT2D eigenvalue weighted by Gasteiger charge is 2.22. The van der Waals surface area contributed by atoms with Gasteiger partial charge in [-0.15, -0.1) is 0 Å². The molecule has 1 aliphatic heterocycles. The van der Waals surface area contributed by atoms with E-state index < -0.39 is 0 Å². The number of benzene rings is 2. The Kier molecular flexibility index (Phi) is 5.65. The Morgan fingerprint density at radius 1 is 0.967 bits per heavy atom. The van der Waals surface area contributed by atoms with Crippen molar-refractivity contribution in [3.8, 4) is 0 Å². The Hall–Kier alpha value is -3.41. The molecule has 6 heteroatoms. The zero-order valence-electron chi connectivity index (χ0n) is 17.1. The number of amides is 2. The van der Waals surface area contributed by atoms with E-state index in [1.807, 2.05) is 54.3 Å². The lowest BCUT2D eigenvalue weighted by atomic mass is 10.0. The van der Waals surface area contributed by atoms with E-state index in [4.69, 9.17) is 0 Å². The number of likely N-dealkylation sites (tertiary alicyclic amines) is 1. The standard InChI is InChI=1S/C24H25N3O3/c1-17-9-3-5-11-20(17)25-22(28)16-27-21-12-6-4-10-18(21)19(15-23(27)29)24(30)26-13-7-2-8-14-26/h3-6,9-12,15H,2,7-8,13-14,16H2,1H3,(H,25,28). The lowest BCUT2D eigenvalue weighted by Crippen LogP contribution is -2.37. The molecule has 1 N–H and O–H groups in total. The van der Waals surface area contributed by atoms with Gasteiger partial charge >= 0.3 is 0 Å². The largest absolute Gasteiger partial charge is 0.339 e. The van der Waals surface area contributed by atoms with E-state index in [0.29, 0.717) is 16.5 Å². The van der Waals surface area contributed by atoms with E-state index in [9.17, 15) is 14.4 Å². The molecule has 4 rings (SSSR count). The third-order valence-electron chi connectivity index (χ3n) is 5.61. The van der Waals surface area contributed by atoms with Crippen LogP contribution in [0.3, 0.4) is 0 Å². The number of aryl methyl sites for hydroxylation is 1. The first kappa shape index (κ1) is 19.9. The van der Waals surface area contributed by atoms with Gasteiger partial charge in [0.15, 0.2) is 0 Å². The van der Waals surface area contributed by atoms with Crippen LogP contribution in [0, 0.1) is 6.92 Å². The monoisotopic (exact) mass is 403 g/mol. The number of carbonyl (C=O) groups is 2. The Labute approximate surface area is 175 Å². The minimum atomic E-state index is -0.353. The van der Waals surface area contributed by atoms with Crippen molar-refractivity contribution in [3.63, 3.8) is 0 Å². The van der Waals surface area contributed by atoms with Gasteiger partial charge in [-0.2, -0.15) is 0 Å². The number of pyridine rings is 1. The van der Waals surface area contributed by atoms with Crippen molar-refractivity contribution in [1.82, 2.24) is 9.47 Å². The number of para-hydroxylation sites is 2. The average Bonchev–Trinajstić information content (AvgIpc) is 2.77. The number of carbonyl (C=O) groups excluding carboxylic acids is 2. The molecule has 0 radical (unpaired) electrons. The molecule has 2 amide bonds. The molecule has 6 nitrogen and oxygen atoms in total. The number of fused-ring (bicyclic) bond motifs is 1. The van der Waals surface area contributed by atoms with Gasteiger partial charge in [-0.1, -0.05) is 36.4 Å². The molecule has 154 valence electrons. The van der Waals surface area contributed by atoms with Crippen LogP contribution in [0.1, 0.15) is 35.2 Å². The minimum Gasteiger partial charge on any atom is -0.339 e. The summed E-state index contributed by atoms with van der Waals surface area (Å²) in [6.45, 7) is 3.23. The molecule has 1 aliphatic rings. The number of aromatic nitrogens is 1. The summed E-state index contributed by atoms with van der Waals surface area (Å²) in [7, 11) is 0. The lowest BCUT2D eigenvalue weighted by Gasteiger charge is -2.27. The fraction of sp³-hybridized carbons (Fsp3) is 0.292. The lowest BCUT2D eigenvalue weighted by molar-refractivity contribution is -0.116. The first-order valence-electron chi connectivity index (χ1n) is 10.3. The maximum Gasteiger partial charge on any atom is 0.254 e. The number of nitrogens with one attached hydrogen (secondary N) is 1. The predicted octanol–water partition coefficient (Wildman–Crippen LogP) is 3.57. The van der Waals surface area contributed by atoms with Crippen LogP contribution in [0.25, 0.3) is 10.9 Å². The summed E-state index contributed by atoms with van der Waals surface area (Å²) in [6, 6.07) is 16.1. The highest BCUT2D eigenvalue weighted by Crippen LogP contribution is 2.21. The summed E-state index contributed by atoms with van der Waals surface area (Å²) in [6.07, 6.45) is 3.10. The van der Waals surface area contributed by atoms with Crippen LogP contribution in [-0.2, 0) is 11.3 Å². The summed E-state index contributed by atoms with van der Waals surface area (Å²) < 4.78 is 1.43. The SMILES string of the molecule is Cc1ccccc1NC(=O)Cn1c(=O)cc(C(=O)N2CCCCC2)c2ccccc21. The van der Waals surface area contributed by atoms with Gasteiger partial charge in [0, 0.05) is 30.2 Å². The number of nitrogens with zero attached hydrogens (tertiary/aromatic N) is 2. The van der Waals surface area contributed by atoms with Gasteiger partial charge < -0.3 is 10.2 Å². The Morgan fingerprint density at radius 3 is 2.43 bits per heavy atom. The van der Waals surface area contributed by atoms with E-state index in [-0.39, 0.29) is 23.9 Å². The average molecular weight is 403 g/mol. The molecule has 1 saturated heterocycles. The van der Waals surface area contributed by atoms with Crippen LogP contribution in [0.15, 0.2) is 59.4 Å². The van der Waals surface area contributed by atoms with Crippen LogP contribution < -0.4 is 10.9 Å². The molecule has 2 aromatic carbocycles. The zero-order valence-corrected chi connectivity index (χ0v) is 17.1. The molecule has 2 heterocycles. The first-order chi connectivity index (χ1) is 14.5. The van der Waals surface area contributed by atoms with Gasteiger partial charge in [-0.3, -0.25) is 19.0 Å². The van der Waals surface area contributed by atoms with E-state index in [1.54, 1.807) is 6.07 Å². The summed E-state index contributed by atoms with van der Waals surface area (Å²) in [5, 5.41) is 3.56. The molecular weight excluding hydrogens is 378 g/mol. The van der Waals surface area contributed by atoms with Gasteiger partial charge in [-0.05, 0) is 43.9 Å². The molecule has 3 aromatic rings. The van der Waals surface area contributed by atoms with E-state index in [2.05, 4.69) is 5.32 Å². The van der Waals surface area contributed by atoms with Crippen LogP contribution in [-0.4, -0.2) is 34.4 Å². The molecule has 0 unspecified atom stereocenters. The maximum atomic E-state index is 13.1. The number of piperidine rings is 1. The molecule has 1 aromatic heterocycles. The Balaban J connectivity index is 1.67. The van der Waals surface area contributed by atoms with Crippen molar-refractivity contribution >= 4 is 28.4 Å². The quantitative estimate of drug-likeness (QED) is 0.724. The molecule has 0 spiro atoms. The fourth-order valence-electron chi connectivity index (χ4n) is 3.99. The highest BCUT2D eigenvalue weighted by atomic mass is 16.2. The highest BCUT2D eigenvalue weighted by molar-refractivity contribution is 6.06. The van der Waals surface area contributed by atoms with Crippen LogP contribution >= 0.6 is 0 Å². The third kappa shape index (κ3) is 3.99. The summed E-state index contributed by atoms with van der Waals surface area (Å²) in [4.78, 5) is 40.5. The summed E-state index contributed by atoms with van der Waals surface area (Å²) in [5.41, 5.74) is 2.31. The van der Waals surface area contributed by atoms with Gasteiger partial charge in [0.05, 0.1) is 11.1 Å². The minimum absolute atomic E-state index is 0.112. The van der Waals surface area contributed by atoms with Gasteiger partial charge in [0.25, 0.3) is 11.5 Å². The summed E-state index contributed by atoms with van der Waals surface area (Å²) >= 11 is 0. The predicted molar refractivity (Wildman–Crippen MR) is 118 cm³/mol. The van der Waals surface area contributed by atoms with Gasteiger partial charge in [0.1, 0.15) is 6.54 Å². The third-order valence-corrected chi connectivity index (χ3v) is 5.61. The van der Waals surface area contributed by atoms with Crippen molar-refractivity contribution in [2.75, 3.05) is 18.4 Å². The molecule has 0 aliphatic carbocycles. The van der Waals surface area contributed by atoms with E-state index in [0.717, 1.165) is 43.6 Å². The fourth-order valence-corrected chi connectivity index (χ4v) is 3.99. The topological polar surface area (TPSA) is 71.4 Å². The molecule has 1 fully saturated rings. The number of rotatable bonds is 4. The van der Waals surface area contributed by atoms with Crippen molar-refractivity contribution in [3.05, 3.63) is 76.1 Å².